The molecule has 0 spiro atoms. The van der Waals surface area contributed by atoms with Crippen molar-refractivity contribution < 1.29 is 17.9 Å². The minimum Gasteiger partial charge on any atom is -0.496 e. The van der Waals surface area contributed by atoms with E-state index in [0.29, 0.717) is 41.5 Å². The van der Waals surface area contributed by atoms with Gasteiger partial charge in [-0.15, -0.1) is 0 Å². The molecule has 0 bridgehead atoms. The Morgan fingerprint density at radius 2 is 1.89 bits per heavy atom. The van der Waals surface area contributed by atoms with Gasteiger partial charge in [-0.2, -0.15) is 4.31 Å². The average molecular weight is 423 g/mol. The molecule has 0 atom stereocenters. The van der Waals surface area contributed by atoms with Gasteiger partial charge in [-0.25, -0.2) is 8.42 Å². The fourth-order valence-corrected chi connectivity index (χ4v) is 4.96. The van der Waals surface area contributed by atoms with E-state index in [2.05, 4.69) is 5.32 Å². The summed E-state index contributed by atoms with van der Waals surface area (Å²) in [6.07, 6.45) is 2.28. The number of hydrogen-bond donors (Lipinski definition) is 1. The van der Waals surface area contributed by atoms with Gasteiger partial charge in [0.2, 0.25) is 15.9 Å². The number of nitrogens with one attached hydrogen (secondary N) is 1. The molecule has 1 fully saturated rings. The molecule has 0 saturated carbocycles. The molecule has 0 aliphatic carbocycles. The summed E-state index contributed by atoms with van der Waals surface area (Å²) in [5.74, 6) is 0.355. The fourth-order valence-electron chi connectivity index (χ4n) is 3.21. The molecule has 1 amide bonds. The van der Waals surface area contributed by atoms with Crippen LogP contribution in [-0.2, 0) is 21.2 Å². The van der Waals surface area contributed by atoms with Crippen LogP contribution < -0.4 is 10.1 Å². The van der Waals surface area contributed by atoms with E-state index in [9.17, 15) is 13.2 Å². The van der Waals surface area contributed by atoms with E-state index in [4.69, 9.17) is 16.3 Å². The molecule has 0 radical (unpaired) electrons. The molecule has 6 nitrogen and oxygen atoms in total. The molecule has 0 unspecified atom stereocenters. The predicted octanol–water partition coefficient (Wildman–Crippen LogP) is 3.70. The molecule has 0 aromatic heterocycles. The van der Waals surface area contributed by atoms with Crippen LogP contribution in [-0.4, -0.2) is 38.8 Å². The number of carbonyl (C=O) groups excluding carboxylic acids is 1. The number of rotatable bonds is 7. The summed E-state index contributed by atoms with van der Waals surface area (Å²) in [5, 5.41) is 3.23. The summed E-state index contributed by atoms with van der Waals surface area (Å²) in [6, 6.07) is 11.8. The van der Waals surface area contributed by atoms with Gasteiger partial charge in [0, 0.05) is 19.5 Å². The minimum atomic E-state index is -3.52. The average Bonchev–Trinajstić information content (AvgIpc) is 3.23. The number of ether oxygens (including phenoxy) is 1. The number of nitrogens with zero attached hydrogens (tertiary/aromatic N) is 1. The molecule has 1 N–H and O–H groups in total. The highest BCUT2D eigenvalue weighted by atomic mass is 35.5. The minimum absolute atomic E-state index is 0.175. The lowest BCUT2D eigenvalue weighted by atomic mass is 10.1. The Balaban J connectivity index is 1.73. The van der Waals surface area contributed by atoms with E-state index in [1.165, 1.54) is 11.4 Å². The Morgan fingerprint density at radius 1 is 1.18 bits per heavy atom. The van der Waals surface area contributed by atoms with Gasteiger partial charge in [0.1, 0.15) is 5.75 Å². The molecule has 1 heterocycles. The number of benzene rings is 2. The van der Waals surface area contributed by atoms with E-state index >= 15 is 0 Å². The molecule has 1 saturated heterocycles. The smallest absolute Gasteiger partial charge is 0.243 e. The number of methoxy groups -OCH3 is 1. The maximum Gasteiger partial charge on any atom is 0.243 e. The number of amides is 1. The quantitative estimate of drug-likeness (QED) is 0.738. The molecule has 1 aliphatic rings. The molecule has 1 aliphatic heterocycles. The van der Waals surface area contributed by atoms with Crippen LogP contribution in [0, 0.1) is 0 Å². The zero-order chi connectivity index (χ0) is 20.1. The van der Waals surface area contributed by atoms with Gasteiger partial charge in [-0.3, -0.25) is 4.79 Å². The maximum atomic E-state index is 12.8. The third-order valence-corrected chi connectivity index (χ3v) is 6.95. The molecular weight excluding hydrogens is 400 g/mol. The third-order valence-electron chi connectivity index (χ3n) is 4.72. The van der Waals surface area contributed by atoms with Gasteiger partial charge in [-0.05, 0) is 55.2 Å². The Hall–Kier alpha value is -2.09. The van der Waals surface area contributed by atoms with E-state index in [-0.39, 0.29) is 17.2 Å². The zero-order valence-corrected chi connectivity index (χ0v) is 17.2. The highest BCUT2D eigenvalue weighted by molar-refractivity contribution is 7.89. The first-order valence-electron chi connectivity index (χ1n) is 9.13. The van der Waals surface area contributed by atoms with Crippen LogP contribution in [0.25, 0.3) is 0 Å². The van der Waals surface area contributed by atoms with Crippen LogP contribution in [0.3, 0.4) is 0 Å². The van der Waals surface area contributed by atoms with E-state index in [1.807, 2.05) is 0 Å². The molecular formula is C20H23ClN2O4S. The molecule has 28 heavy (non-hydrogen) atoms. The third kappa shape index (κ3) is 4.66. The van der Waals surface area contributed by atoms with E-state index < -0.39 is 10.0 Å². The number of carbonyl (C=O) groups is 1. The topological polar surface area (TPSA) is 75.7 Å². The van der Waals surface area contributed by atoms with Crippen molar-refractivity contribution in [2.24, 2.45) is 0 Å². The summed E-state index contributed by atoms with van der Waals surface area (Å²) in [7, 11) is -1.99. The van der Waals surface area contributed by atoms with Crippen LogP contribution in [0.1, 0.15) is 24.8 Å². The zero-order valence-electron chi connectivity index (χ0n) is 15.7. The van der Waals surface area contributed by atoms with Crippen LogP contribution in [0.15, 0.2) is 47.4 Å². The first kappa shape index (κ1) is 20.6. The number of anilines is 1. The van der Waals surface area contributed by atoms with Gasteiger partial charge >= 0.3 is 0 Å². The SMILES string of the molecule is COc1ccc(S(=O)(=O)N2CCCC2)cc1CCC(=O)Nc1ccccc1Cl. The standard InChI is InChI=1S/C20H23ClN2O4S/c1-27-19-10-9-16(28(25,26)23-12-4-5-13-23)14-15(19)8-11-20(24)22-18-7-3-2-6-17(18)21/h2-3,6-7,9-10,14H,4-5,8,11-13H2,1H3,(H,22,24). The van der Waals surface area contributed by atoms with Gasteiger partial charge < -0.3 is 10.1 Å². The van der Waals surface area contributed by atoms with Crippen molar-refractivity contribution in [1.82, 2.24) is 4.31 Å². The lowest BCUT2D eigenvalue weighted by Gasteiger charge is -2.17. The Bertz CT molecular complexity index is 956. The van der Waals surface area contributed by atoms with Crippen molar-refractivity contribution in [2.75, 3.05) is 25.5 Å². The Morgan fingerprint density at radius 3 is 2.57 bits per heavy atom. The summed E-state index contributed by atoms with van der Waals surface area (Å²) in [5.41, 5.74) is 1.23. The largest absolute Gasteiger partial charge is 0.496 e. The Kier molecular flexibility index (Phi) is 6.59. The number of hydrogen-bond acceptors (Lipinski definition) is 4. The van der Waals surface area contributed by atoms with Gasteiger partial charge in [-0.1, -0.05) is 23.7 Å². The van der Waals surface area contributed by atoms with E-state index in [0.717, 1.165) is 12.8 Å². The van der Waals surface area contributed by atoms with Crippen molar-refractivity contribution in [3.8, 4) is 5.75 Å². The van der Waals surface area contributed by atoms with Gasteiger partial charge in [0.05, 0.1) is 22.7 Å². The number of halogens is 1. The lowest BCUT2D eigenvalue weighted by Crippen LogP contribution is -2.28. The van der Waals surface area contributed by atoms with Crippen molar-refractivity contribution in [3.63, 3.8) is 0 Å². The summed E-state index contributed by atoms with van der Waals surface area (Å²) >= 11 is 6.06. The normalized spacial score (nSPS) is 14.8. The van der Waals surface area contributed by atoms with Crippen molar-refractivity contribution in [2.45, 2.75) is 30.6 Å². The molecule has 3 rings (SSSR count). The molecule has 2 aromatic carbocycles. The summed E-state index contributed by atoms with van der Waals surface area (Å²) < 4.78 is 32.4. The number of para-hydroxylation sites is 1. The van der Waals surface area contributed by atoms with Crippen LogP contribution in [0.5, 0.6) is 5.75 Å². The second-order valence-electron chi connectivity index (χ2n) is 6.61. The second kappa shape index (κ2) is 8.94. The van der Waals surface area contributed by atoms with Gasteiger partial charge in [0.25, 0.3) is 0 Å². The van der Waals surface area contributed by atoms with Crippen molar-refractivity contribution in [1.29, 1.82) is 0 Å². The first-order valence-corrected chi connectivity index (χ1v) is 10.9. The molecule has 150 valence electrons. The Labute approximate surface area is 170 Å². The van der Waals surface area contributed by atoms with Gasteiger partial charge in [0.15, 0.2) is 0 Å². The number of sulfonamides is 1. The van der Waals surface area contributed by atoms with Crippen LogP contribution >= 0.6 is 11.6 Å². The molecule has 2 aromatic rings. The number of aryl methyl sites for hydroxylation is 1. The molecule has 8 heteroatoms. The summed E-state index contributed by atoms with van der Waals surface area (Å²) in [4.78, 5) is 12.5. The van der Waals surface area contributed by atoms with Crippen LogP contribution in [0.2, 0.25) is 5.02 Å². The highest BCUT2D eigenvalue weighted by Gasteiger charge is 2.27. The van der Waals surface area contributed by atoms with Crippen molar-refractivity contribution >= 4 is 33.2 Å². The fraction of sp³-hybridized carbons (Fsp3) is 0.350. The summed E-state index contributed by atoms with van der Waals surface area (Å²) in [6.45, 7) is 1.09. The first-order chi connectivity index (χ1) is 13.4. The monoisotopic (exact) mass is 422 g/mol. The maximum absolute atomic E-state index is 12.8. The lowest BCUT2D eigenvalue weighted by molar-refractivity contribution is -0.116. The second-order valence-corrected chi connectivity index (χ2v) is 8.96. The van der Waals surface area contributed by atoms with E-state index in [1.54, 1.807) is 42.5 Å². The van der Waals surface area contributed by atoms with Crippen LogP contribution in [0.4, 0.5) is 5.69 Å². The highest BCUT2D eigenvalue weighted by Crippen LogP contribution is 2.28. The van der Waals surface area contributed by atoms with Crippen molar-refractivity contribution in [3.05, 3.63) is 53.1 Å². The predicted molar refractivity (Wildman–Crippen MR) is 109 cm³/mol.